The highest BCUT2D eigenvalue weighted by Gasteiger charge is 2.39. The Kier molecular flexibility index (Phi) is 9.70. The Bertz CT molecular complexity index is 1810. The Hall–Kier alpha value is -5.65. The molecular formula is C36H38N6O6. The number of hydrogen-bond acceptors (Lipinski definition) is 6. The van der Waals surface area contributed by atoms with Gasteiger partial charge in [0.2, 0.25) is 29.5 Å². The predicted octanol–water partition coefficient (Wildman–Crippen LogP) is 1.48. The molecule has 0 bridgehead atoms. The smallest absolute Gasteiger partial charge is 0.246 e. The molecule has 2 saturated heterocycles. The lowest BCUT2D eigenvalue weighted by atomic mass is 10.0. The molecule has 2 fully saturated rings. The fourth-order valence-electron chi connectivity index (χ4n) is 6.44. The summed E-state index contributed by atoms with van der Waals surface area (Å²) < 4.78 is 0. The molecule has 12 nitrogen and oxygen atoms in total. The number of phenolic OH excluding ortho intramolecular Hbond substituents is 1. The molecule has 5 amide bonds. The number of H-pyrrole nitrogens is 1. The third-order valence-electron chi connectivity index (χ3n) is 8.92. The third-order valence-corrected chi connectivity index (χ3v) is 8.92. The molecule has 0 radical (unpaired) electrons. The zero-order valence-corrected chi connectivity index (χ0v) is 26.3. The number of fused-ring (bicyclic) bond motifs is 2. The number of nitrogens with zero attached hydrogens (tertiary/aromatic N) is 1. The lowest BCUT2D eigenvalue weighted by molar-refractivity contribution is -0.142. The van der Waals surface area contributed by atoms with Gasteiger partial charge in [-0.2, -0.15) is 0 Å². The van der Waals surface area contributed by atoms with E-state index in [2.05, 4.69) is 26.3 Å². The summed E-state index contributed by atoms with van der Waals surface area (Å²) in [6.07, 6.45) is 3.12. The number of amides is 5. The van der Waals surface area contributed by atoms with Crippen LogP contribution in [0, 0.1) is 0 Å². The Balaban J connectivity index is 1.33. The zero-order valence-electron chi connectivity index (χ0n) is 26.3. The van der Waals surface area contributed by atoms with Gasteiger partial charge in [0.25, 0.3) is 0 Å². The monoisotopic (exact) mass is 650 g/mol. The second-order valence-corrected chi connectivity index (χ2v) is 12.3. The number of para-hydroxylation sites is 1. The molecule has 48 heavy (non-hydrogen) atoms. The summed E-state index contributed by atoms with van der Waals surface area (Å²) in [7, 11) is 0. The first-order chi connectivity index (χ1) is 23.2. The van der Waals surface area contributed by atoms with Crippen molar-refractivity contribution in [3.05, 3.63) is 102 Å². The van der Waals surface area contributed by atoms with Crippen LogP contribution in [0.15, 0.2) is 85.1 Å². The fraction of sp³-hybridized carbons (Fsp3) is 0.306. The molecule has 12 heteroatoms. The van der Waals surface area contributed by atoms with E-state index in [1.165, 1.54) is 17.0 Å². The summed E-state index contributed by atoms with van der Waals surface area (Å²) in [5.41, 5.74) is 3.15. The first kappa shape index (κ1) is 32.3. The minimum absolute atomic E-state index is 0.0607. The number of nitrogens with one attached hydrogen (secondary N) is 5. The van der Waals surface area contributed by atoms with E-state index in [4.69, 9.17) is 0 Å². The van der Waals surface area contributed by atoms with Crippen molar-refractivity contribution in [3.8, 4) is 5.75 Å². The number of aromatic hydroxyl groups is 1. The van der Waals surface area contributed by atoms with Gasteiger partial charge >= 0.3 is 0 Å². The third kappa shape index (κ3) is 7.49. The topological polar surface area (TPSA) is 173 Å². The maximum absolute atomic E-state index is 14.0. The molecule has 6 N–H and O–H groups in total. The summed E-state index contributed by atoms with van der Waals surface area (Å²) in [5, 5.41) is 21.7. The van der Waals surface area contributed by atoms with Crippen LogP contribution in [0.2, 0.25) is 0 Å². The van der Waals surface area contributed by atoms with Crippen molar-refractivity contribution in [1.29, 1.82) is 0 Å². The van der Waals surface area contributed by atoms with E-state index in [0.717, 1.165) is 22.0 Å². The highest BCUT2D eigenvalue weighted by molar-refractivity contribution is 5.98. The number of aromatic amines is 1. The quantitative estimate of drug-likeness (QED) is 0.185. The van der Waals surface area contributed by atoms with Crippen LogP contribution in [0.5, 0.6) is 5.75 Å². The first-order valence-electron chi connectivity index (χ1n) is 16.1. The lowest BCUT2D eigenvalue weighted by Crippen LogP contribution is -2.58. The van der Waals surface area contributed by atoms with E-state index < -0.39 is 60.2 Å². The molecule has 0 unspecified atom stereocenters. The number of carbonyl (C=O) groups is 5. The summed E-state index contributed by atoms with van der Waals surface area (Å²) in [6, 6.07) is 19.1. The van der Waals surface area contributed by atoms with Crippen LogP contribution < -0.4 is 21.3 Å². The molecule has 0 aliphatic carbocycles. The van der Waals surface area contributed by atoms with Gasteiger partial charge in [0.1, 0.15) is 29.9 Å². The summed E-state index contributed by atoms with van der Waals surface area (Å²) in [5.74, 6) is -2.63. The molecule has 1 aromatic heterocycles. The van der Waals surface area contributed by atoms with E-state index in [0.29, 0.717) is 24.9 Å². The zero-order chi connectivity index (χ0) is 33.6. The van der Waals surface area contributed by atoms with E-state index in [1.54, 1.807) is 18.3 Å². The number of rotatable bonds is 6. The van der Waals surface area contributed by atoms with Gasteiger partial charge in [-0.1, -0.05) is 60.7 Å². The van der Waals surface area contributed by atoms with Crippen LogP contribution >= 0.6 is 0 Å². The minimum Gasteiger partial charge on any atom is -0.508 e. The Morgan fingerprint density at radius 3 is 2.15 bits per heavy atom. The fourth-order valence-corrected chi connectivity index (χ4v) is 6.44. The summed E-state index contributed by atoms with van der Waals surface area (Å²) >= 11 is 0. The molecular weight excluding hydrogens is 612 g/mol. The molecule has 3 aromatic carbocycles. The van der Waals surface area contributed by atoms with Crippen LogP contribution in [0.1, 0.15) is 29.5 Å². The maximum Gasteiger partial charge on any atom is 0.246 e. The Morgan fingerprint density at radius 1 is 0.688 bits per heavy atom. The van der Waals surface area contributed by atoms with Gasteiger partial charge in [0.15, 0.2) is 0 Å². The normalized spacial score (nSPS) is 22.6. The van der Waals surface area contributed by atoms with Gasteiger partial charge in [0.05, 0.1) is 6.54 Å². The second-order valence-electron chi connectivity index (χ2n) is 12.3. The van der Waals surface area contributed by atoms with Crippen LogP contribution in [0.3, 0.4) is 0 Å². The van der Waals surface area contributed by atoms with Crippen molar-refractivity contribution in [2.45, 2.75) is 56.3 Å². The van der Waals surface area contributed by atoms with Crippen molar-refractivity contribution >= 4 is 40.4 Å². The highest BCUT2D eigenvalue weighted by Crippen LogP contribution is 2.23. The predicted molar refractivity (Wildman–Crippen MR) is 177 cm³/mol. The van der Waals surface area contributed by atoms with Crippen molar-refractivity contribution in [1.82, 2.24) is 31.2 Å². The van der Waals surface area contributed by atoms with E-state index in [1.807, 2.05) is 54.6 Å². The number of hydrogen-bond donors (Lipinski definition) is 6. The molecule has 0 spiro atoms. The van der Waals surface area contributed by atoms with Gasteiger partial charge in [-0.15, -0.1) is 0 Å². The minimum atomic E-state index is -1.07. The van der Waals surface area contributed by atoms with Gasteiger partial charge < -0.3 is 36.3 Å². The van der Waals surface area contributed by atoms with Crippen molar-refractivity contribution in [3.63, 3.8) is 0 Å². The Morgan fingerprint density at radius 2 is 1.35 bits per heavy atom. The molecule has 4 atom stereocenters. The van der Waals surface area contributed by atoms with Gasteiger partial charge in [-0.05, 0) is 47.7 Å². The number of carbonyl (C=O) groups excluding carboxylic acids is 5. The standard InChI is InChI=1S/C36H38N6O6/c43-25-14-12-23(13-15-25)18-30-36(48)42-16-6-11-31(42)35(47)41-29(19-24-20-37-27-10-5-4-9-26(24)27)34(46)40-28(17-22-7-2-1-3-8-22)33(45)38-21-32(44)39-30/h1-5,7-10,12-15,20,28-31,37,43H,6,11,16-19,21H2,(H,38,45)(H,39,44)(H,40,46)(H,41,47)/t28-,29+,30+,31-/m1/s1. The first-order valence-corrected chi connectivity index (χ1v) is 16.1. The number of benzene rings is 3. The second kappa shape index (κ2) is 14.4. The van der Waals surface area contributed by atoms with E-state index in [-0.39, 0.29) is 25.0 Å². The molecule has 2 aliphatic heterocycles. The molecule has 248 valence electrons. The van der Waals surface area contributed by atoms with Crippen LogP contribution in [-0.4, -0.2) is 81.8 Å². The van der Waals surface area contributed by atoms with Crippen LogP contribution in [0.25, 0.3) is 10.9 Å². The van der Waals surface area contributed by atoms with Gasteiger partial charge in [-0.3, -0.25) is 24.0 Å². The lowest BCUT2D eigenvalue weighted by Gasteiger charge is -2.30. The van der Waals surface area contributed by atoms with Crippen molar-refractivity contribution in [2.75, 3.05) is 13.1 Å². The molecule has 3 heterocycles. The molecule has 2 aliphatic rings. The van der Waals surface area contributed by atoms with Crippen LogP contribution in [-0.2, 0) is 43.2 Å². The van der Waals surface area contributed by atoms with Gasteiger partial charge in [0, 0.05) is 42.9 Å². The number of aromatic nitrogens is 1. The van der Waals surface area contributed by atoms with E-state index >= 15 is 0 Å². The van der Waals surface area contributed by atoms with Gasteiger partial charge in [-0.25, -0.2) is 0 Å². The molecule has 0 saturated carbocycles. The molecule has 4 aromatic rings. The van der Waals surface area contributed by atoms with E-state index in [9.17, 15) is 29.1 Å². The average molecular weight is 651 g/mol. The highest BCUT2D eigenvalue weighted by atomic mass is 16.3. The molecule has 6 rings (SSSR count). The van der Waals surface area contributed by atoms with Crippen molar-refractivity contribution in [2.24, 2.45) is 0 Å². The Labute approximate surface area is 277 Å². The number of phenols is 1. The summed E-state index contributed by atoms with van der Waals surface area (Å²) in [4.78, 5) is 73.3. The summed E-state index contributed by atoms with van der Waals surface area (Å²) in [6.45, 7) is -0.132. The average Bonchev–Trinajstić information content (AvgIpc) is 3.75. The maximum atomic E-state index is 14.0. The van der Waals surface area contributed by atoms with Crippen molar-refractivity contribution < 1.29 is 29.1 Å². The SMILES string of the molecule is O=C1CNC(=O)[C@@H](Cc2ccccc2)NC(=O)[C@H](Cc2c[nH]c3ccccc23)NC(=O)[C@H]2CCCN2C(=O)[C@H](Cc2ccc(O)cc2)N1. The van der Waals surface area contributed by atoms with Crippen LogP contribution in [0.4, 0.5) is 0 Å². The largest absolute Gasteiger partial charge is 0.508 e.